The third kappa shape index (κ3) is 3.92. The molecule has 1 aromatic rings. The molecule has 6 nitrogen and oxygen atoms in total. The minimum Gasteiger partial charge on any atom is -0.483 e. The van der Waals surface area contributed by atoms with Crippen molar-refractivity contribution in [3.05, 3.63) is 33.3 Å². The van der Waals surface area contributed by atoms with Crippen LogP contribution in [-0.2, 0) is 4.79 Å². The van der Waals surface area contributed by atoms with Crippen LogP contribution in [0.15, 0.2) is 18.2 Å². The highest BCUT2D eigenvalue weighted by atomic mass is 35.5. The van der Waals surface area contributed by atoms with Gasteiger partial charge in [0.05, 0.1) is 11.3 Å². The number of nitro benzene ring substituents is 1. The monoisotopic (exact) mass is 259 g/mol. The number of nitro groups is 1. The Labute approximate surface area is 102 Å². The number of nitrogens with zero attached hydrogens (tertiary/aromatic N) is 1. The van der Waals surface area contributed by atoms with Gasteiger partial charge in [0.2, 0.25) is 0 Å². The van der Waals surface area contributed by atoms with Gasteiger partial charge < -0.3 is 9.84 Å². The number of rotatable bonds is 5. The van der Waals surface area contributed by atoms with Gasteiger partial charge in [0.15, 0.2) is 5.75 Å². The van der Waals surface area contributed by atoms with Crippen LogP contribution < -0.4 is 4.74 Å². The Balaban J connectivity index is 2.92. The molecule has 0 aliphatic rings. The summed E-state index contributed by atoms with van der Waals surface area (Å²) in [5, 5.41) is 19.5. The number of carboxylic acid groups (broad SMARTS) is 1. The fourth-order valence-electron chi connectivity index (χ4n) is 1.24. The minimum absolute atomic E-state index is 0.0312. The summed E-state index contributed by atoms with van der Waals surface area (Å²) in [5.74, 6) is -1.07. The maximum atomic E-state index is 10.7. The van der Waals surface area contributed by atoms with Crippen LogP contribution in [0.2, 0.25) is 5.02 Å². The molecule has 0 spiro atoms. The van der Waals surface area contributed by atoms with E-state index >= 15 is 0 Å². The first kappa shape index (κ1) is 13.2. The van der Waals surface area contributed by atoms with Crippen LogP contribution in [0.25, 0.3) is 0 Å². The molecule has 0 fully saturated rings. The molecule has 1 atom stereocenters. The molecular formula is C10H10ClNO5. The predicted molar refractivity (Wildman–Crippen MR) is 60.4 cm³/mol. The van der Waals surface area contributed by atoms with E-state index in [0.717, 1.165) is 0 Å². The normalized spacial score (nSPS) is 11.9. The first-order valence-corrected chi connectivity index (χ1v) is 5.10. The van der Waals surface area contributed by atoms with E-state index in [1.165, 1.54) is 25.1 Å². The van der Waals surface area contributed by atoms with Crippen LogP contribution in [0.3, 0.4) is 0 Å². The fourth-order valence-corrected chi connectivity index (χ4v) is 1.40. The van der Waals surface area contributed by atoms with E-state index in [0.29, 0.717) is 0 Å². The largest absolute Gasteiger partial charge is 0.483 e. The summed E-state index contributed by atoms with van der Waals surface area (Å²) in [6, 6.07) is 3.87. The van der Waals surface area contributed by atoms with E-state index in [1.807, 2.05) is 0 Å². The second-order valence-corrected chi connectivity index (χ2v) is 3.83. The summed E-state index contributed by atoms with van der Waals surface area (Å²) in [7, 11) is 0. The molecule has 17 heavy (non-hydrogen) atoms. The smallest absolute Gasteiger partial charge is 0.311 e. The van der Waals surface area contributed by atoms with Crippen molar-refractivity contribution in [2.24, 2.45) is 0 Å². The first-order valence-electron chi connectivity index (χ1n) is 4.72. The lowest BCUT2D eigenvalue weighted by atomic mass is 10.2. The highest BCUT2D eigenvalue weighted by Gasteiger charge is 2.18. The third-order valence-corrected chi connectivity index (χ3v) is 2.14. The molecule has 92 valence electrons. The predicted octanol–water partition coefficient (Wildman–Crippen LogP) is 2.49. The standard InChI is InChI=1S/C10H10ClNO5/c1-6(4-10(13)14)17-9-5-7(11)2-3-8(9)12(15)16/h2-3,5-6H,4H2,1H3,(H,13,14)/t6-/m0/s1. The third-order valence-electron chi connectivity index (χ3n) is 1.91. The van der Waals surface area contributed by atoms with Crippen LogP contribution in [0.4, 0.5) is 5.69 Å². The zero-order valence-corrected chi connectivity index (χ0v) is 9.68. The van der Waals surface area contributed by atoms with Gasteiger partial charge in [-0.1, -0.05) is 11.6 Å². The SMILES string of the molecule is C[C@@H](CC(=O)O)Oc1cc(Cl)ccc1[N+](=O)[O-]. The lowest BCUT2D eigenvalue weighted by Crippen LogP contribution is -2.17. The minimum atomic E-state index is -1.04. The molecular weight excluding hydrogens is 250 g/mol. The number of ether oxygens (including phenoxy) is 1. The quantitative estimate of drug-likeness (QED) is 0.648. The Bertz CT molecular complexity index is 448. The van der Waals surface area contributed by atoms with Crippen LogP contribution >= 0.6 is 11.6 Å². The van der Waals surface area contributed by atoms with Crippen LogP contribution in [0.1, 0.15) is 13.3 Å². The van der Waals surface area contributed by atoms with E-state index in [-0.39, 0.29) is 22.9 Å². The summed E-state index contributed by atoms with van der Waals surface area (Å²) in [4.78, 5) is 20.5. The highest BCUT2D eigenvalue weighted by Crippen LogP contribution is 2.30. The Morgan fingerprint density at radius 1 is 1.65 bits per heavy atom. The second-order valence-electron chi connectivity index (χ2n) is 3.40. The molecule has 0 saturated heterocycles. The molecule has 0 aromatic heterocycles. The van der Waals surface area contributed by atoms with Gasteiger partial charge in [0.25, 0.3) is 0 Å². The number of carboxylic acids is 1. The molecule has 0 bridgehead atoms. The summed E-state index contributed by atoms with van der Waals surface area (Å²) in [6.45, 7) is 1.51. The Hall–Kier alpha value is -1.82. The van der Waals surface area contributed by atoms with Crippen molar-refractivity contribution in [2.45, 2.75) is 19.4 Å². The highest BCUT2D eigenvalue weighted by molar-refractivity contribution is 6.30. The number of aliphatic carboxylic acids is 1. The Morgan fingerprint density at radius 2 is 2.29 bits per heavy atom. The van der Waals surface area contributed by atoms with E-state index in [9.17, 15) is 14.9 Å². The topological polar surface area (TPSA) is 89.7 Å². The van der Waals surface area contributed by atoms with Crippen LogP contribution in [0, 0.1) is 10.1 Å². The van der Waals surface area contributed by atoms with E-state index in [2.05, 4.69) is 0 Å². The number of halogens is 1. The van der Waals surface area contributed by atoms with Gasteiger partial charge in [-0.05, 0) is 13.0 Å². The zero-order valence-electron chi connectivity index (χ0n) is 8.92. The van der Waals surface area contributed by atoms with Crippen molar-refractivity contribution in [3.63, 3.8) is 0 Å². The lowest BCUT2D eigenvalue weighted by Gasteiger charge is -2.12. The maximum Gasteiger partial charge on any atom is 0.311 e. The summed E-state index contributed by atoms with van der Waals surface area (Å²) >= 11 is 5.69. The number of hydrogen-bond donors (Lipinski definition) is 1. The molecule has 1 N–H and O–H groups in total. The molecule has 1 rings (SSSR count). The molecule has 0 unspecified atom stereocenters. The maximum absolute atomic E-state index is 10.7. The van der Waals surface area contributed by atoms with Crippen molar-refractivity contribution in [3.8, 4) is 5.75 Å². The van der Waals surface area contributed by atoms with Gasteiger partial charge in [-0.3, -0.25) is 14.9 Å². The fraction of sp³-hybridized carbons (Fsp3) is 0.300. The van der Waals surface area contributed by atoms with Crippen molar-refractivity contribution in [1.29, 1.82) is 0 Å². The van der Waals surface area contributed by atoms with Crippen molar-refractivity contribution in [1.82, 2.24) is 0 Å². The molecule has 7 heteroatoms. The Morgan fingerprint density at radius 3 is 2.82 bits per heavy atom. The lowest BCUT2D eigenvalue weighted by molar-refractivity contribution is -0.386. The van der Waals surface area contributed by atoms with Crippen LogP contribution in [-0.4, -0.2) is 22.1 Å². The zero-order chi connectivity index (χ0) is 13.0. The molecule has 0 amide bonds. The van der Waals surface area contributed by atoms with Crippen LogP contribution in [0.5, 0.6) is 5.75 Å². The molecule has 0 heterocycles. The van der Waals surface area contributed by atoms with E-state index in [1.54, 1.807) is 0 Å². The molecule has 0 aliphatic heterocycles. The average Bonchev–Trinajstić information content (AvgIpc) is 2.15. The van der Waals surface area contributed by atoms with E-state index < -0.39 is 17.0 Å². The van der Waals surface area contributed by atoms with Gasteiger partial charge in [0, 0.05) is 17.2 Å². The molecule has 0 radical (unpaired) electrons. The van der Waals surface area contributed by atoms with Gasteiger partial charge in [-0.2, -0.15) is 0 Å². The average molecular weight is 260 g/mol. The van der Waals surface area contributed by atoms with Gasteiger partial charge in [0.1, 0.15) is 6.10 Å². The summed E-state index contributed by atoms with van der Waals surface area (Å²) < 4.78 is 5.19. The van der Waals surface area contributed by atoms with Gasteiger partial charge in [-0.15, -0.1) is 0 Å². The number of carbonyl (C=O) groups is 1. The molecule has 1 aromatic carbocycles. The van der Waals surface area contributed by atoms with Crippen molar-refractivity contribution < 1.29 is 19.6 Å². The van der Waals surface area contributed by atoms with Crippen molar-refractivity contribution >= 4 is 23.3 Å². The first-order chi connectivity index (χ1) is 7.90. The van der Waals surface area contributed by atoms with Crippen molar-refractivity contribution in [2.75, 3.05) is 0 Å². The number of hydrogen-bond acceptors (Lipinski definition) is 4. The summed E-state index contributed by atoms with van der Waals surface area (Å²) in [5.41, 5.74) is -0.244. The van der Waals surface area contributed by atoms with Gasteiger partial charge in [-0.25, -0.2) is 0 Å². The van der Waals surface area contributed by atoms with E-state index in [4.69, 9.17) is 21.4 Å². The van der Waals surface area contributed by atoms with Gasteiger partial charge >= 0.3 is 11.7 Å². The molecule has 0 aliphatic carbocycles. The summed E-state index contributed by atoms with van der Waals surface area (Å²) in [6.07, 6.45) is -0.923. The molecule has 0 saturated carbocycles. The number of benzene rings is 1. The Kier molecular flexibility index (Phi) is 4.28. The second kappa shape index (κ2) is 5.49.